The van der Waals surface area contributed by atoms with Crippen molar-refractivity contribution in [3.8, 4) is 11.5 Å². The van der Waals surface area contributed by atoms with E-state index >= 15 is 0 Å². The Bertz CT molecular complexity index is 900. The molecule has 3 rings (SSSR count). The van der Waals surface area contributed by atoms with Gasteiger partial charge >= 0.3 is 0 Å². The smallest absolute Gasteiger partial charge is 0.221 e. The molecular weight excluding hydrogens is 355 g/mol. The molecular formula is C23H23FN2O2. The maximum absolute atomic E-state index is 13.6. The molecule has 144 valence electrons. The second-order valence-electron chi connectivity index (χ2n) is 6.28. The van der Waals surface area contributed by atoms with E-state index in [9.17, 15) is 9.18 Å². The predicted molar refractivity (Wildman–Crippen MR) is 109 cm³/mol. The van der Waals surface area contributed by atoms with Crippen LogP contribution >= 0.6 is 0 Å². The summed E-state index contributed by atoms with van der Waals surface area (Å²) in [6.07, 6.45) is 0.788. The third-order valence-corrected chi connectivity index (χ3v) is 4.20. The summed E-state index contributed by atoms with van der Waals surface area (Å²) in [4.78, 5) is 12.0. The van der Waals surface area contributed by atoms with Gasteiger partial charge in [-0.15, -0.1) is 0 Å². The minimum absolute atomic E-state index is 0.0784. The Labute approximate surface area is 164 Å². The molecule has 0 atom stereocenters. The fraction of sp³-hybridized carbons (Fsp3) is 0.174. The van der Waals surface area contributed by atoms with Gasteiger partial charge in [0, 0.05) is 19.5 Å². The molecule has 0 fully saturated rings. The normalized spacial score (nSPS) is 10.3. The molecule has 0 spiro atoms. The standard InChI is InChI=1S/C23H23FN2O2/c24-20-11-5-4-8-18(20)14-16-26-23(27)15-17-25-21-12-6-7-13-22(21)28-19-9-2-1-3-10-19/h1-13,25H,14-17H2,(H,26,27). The van der Waals surface area contributed by atoms with Crippen molar-refractivity contribution >= 4 is 11.6 Å². The number of hydrogen-bond acceptors (Lipinski definition) is 3. The van der Waals surface area contributed by atoms with Gasteiger partial charge in [-0.3, -0.25) is 4.79 Å². The number of halogens is 1. The van der Waals surface area contributed by atoms with Gasteiger partial charge < -0.3 is 15.4 Å². The average Bonchev–Trinajstić information content (AvgIpc) is 2.71. The van der Waals surface area contributed by atoms with Crippen LogP contribution in [0.5, 0.6) is 11.5 Å². The quantitative estimate of drug-likeness (QED) is 0.563. The molecule has 1 amide bonds. The number of rotatable bonds is 9. The molecule has 0 unspecified atom stereocenters. The van der Waals surface area contributed by atoms with Crippen molar-refractivity contribution in [2.45, 2.75) is 12.8 Å². The van der Waals surface area contributed by atoms with Gasteiger partial charge in [0.15, 0.2) is 5.75 Å². The molecule has 0 radical (unpaired) electrons. The van der Waals surface area contributed by atoms with E-state index in [4.69, 9.17) is 4.74 Å². The van der Waals surface area contributed by atoms with Crippen LogP contribution in [-0.4, -0.2) is 19.0 Å². The lowest BCUT2D eigenvalue weighted by atomic mass is 10.1. The Morgan fingerprint density at radius 1 is 0.857 bits per heavy atom. The Morgan fingerprint density at radius 2 is 1.57 bits per heavy atom. The van der Waals surface area contributed by atoms with Crippen molar-refractivity contribution in [3.63, 3.8) is 0 Å². The average molecular weight is 378 g/mol. The van der Waals surface area contributed by atoms with Gasteiger partial charge in [0.25, 0.3) is 0 Å². The van der Waals surface area contributed by atoms with Crippen LogP contribution < -0.4 is 15.4 Å². The largest absolute Gasteiger partial charge is 0.455 e. The second kappa shape index (κ2) is 10.1. The van der Waals surface area contributed by atoms with Crippen LogP contribution in [0.2, 0.25) is 0 Å². The van der Waals surface area contributed by atoms with E-state index in [1.807, 2.05) is 54.6 Å². The van der Waals surface area contributed by atoms with Crippen LogP contribution in [0.15, 0.2) is 78.9 Å². The third-order valence-electron chi connectivity index (χ3n) is 4.20. The van der Waals surface area contributed by atoms with E-state index in [0.717, 1.165) is 11.4 Å². The Kier molecular flexibility index (Phi) is 7.01. The molecule has 3 aromatic rings. The van der Waals surface area contributed by atoms with Crippen LogP contribution in [-0.2, 0) is 11.2 Å². The van der Waals surface area contributed by atoms with E-state index in [1.54, 1.807) is 18.2 Å². The number of nitrogens with one attached hydrogen (secondary N) is 2. The molecule has 0 aliphatic rings. The summed E-state index contributed by atoms with van der Waals surface area (Å²) in [5.74, 6) is 1.13. The fourth-order valence-corrected chi connectivity index (χ4v) is 2.75. The van der Waals surface area contributed by atoms with Crippen molar-refractivity contribution in [1.82, 2.24) is 5.32 Å². The van der Waals surface area contributed by atoms with E-state index in [1.165, 1.54) is 6.07 Å². The predicted octanol–water partition coefficient (Wildman–Crippen LogP) is 4.78. The van der Waals surface area contributed by atoms with Crippen LogP contribution in [0.4, 0.5) is 10.1 Å². The van der Waals surface area contributed by atoms with E-state index in [2.05, 4.69) is 10.6 Å². The third kappa shape index (κ3) is 5.84. The molecule has 0 aliphatic heterocycles. The van der Waals surface area contributed by atoms with Crippen molar-refractivity contribution in [1.29, 1.82) is 0 Å². The summed E-state index contributed by atoms with van der Waals surface area (Å²) in [5, 5.41) is 6.06. The molecule has 3 aromatic carbocycles. The Balaban J connectivity index is 1.43. The zero-order valence-corrected chi connectivity index (χ0v) is 15.5. The molecule has 0 heterocycles. The first-order chi connectivity index (χ1) is 13.7. The van der Waals surface area contributed by atoms with Crippen LogP contribution in [0, 0.1) is 5.82 Å². The Morgan fingerprint density at radius 3 is 2.39 bits per heavy atom. The first kappa shape index (κ1) is 19.4. The molecule has 28 heavy (non-hydrogen) atoms. The van der Waals surface area contributed by atoms with Gasteiger partial charge in [-0.1, -0.05) is 48.5 Å². The second-order valence-corrected chi connectivity index (χ2v) is 6.28. The topological polar surface area (TPSA) is 50.4 Å². The van der Waals surface area contributed by atoms with Crippen LogP contribution in [0.3, 0.4) is 0 Å². The number of hydrogen-bond donors (Lipinski definition) is 2. The van der Waals surface area contributed by atoms with Crippen molar-refractivity contribution in [2.24, 2.45) is 0 Å². The first-order valence-electron chi connectivity index (χ1n) is 9.28. The highest BCUT2D eigenvalue weighted by molar-refractivity contribution is 5.76. The lowest BCUT2D eigenvalue weighted by Crippen LogP contribution is -2.27. The van der Waals surface area contributed by atoms with Crippen LogP contribution in [0.25, 0.3) is 0 Å². The summed E-state index contributed by atoms with van der Waals surface area (Å²) in [6.45, 7) is 0.883. The molecule has 4 nitrogen and oxygen atoms in total. The zero-order chi connectivity index (χ0) is 19.6. The number of carbonyl (C=O) groups excluding carboxylic acids is 1. The number of carbonyl (C=O) groups is 1. The SMILES string of the molecule is O=C(CCNc1ccccc1Oc1ccccc1)NCCc1ccccc1F. The van der Waals surface area contributed by atoms with Gasteiger partial charge in [0.05, 0.1) is 5.69 Å². The molecule has 0 aliphatic carbocycles. The van der Waals surface area contributed by atoms with Crippen LogP contribution in [0.1, 0.15) is 12.0 Å². The molecule has 5 heteroatoms. The zero-order valence-electron chi connectivity index (χ0n) is 15.5. The van der Waals surface area contributed by atoms with E-state index in [0.29, 0.717) is 37.2 Å². The maximum Gasteiger partial charge on any atom is 0.221 e. The molecule has 0 saturated carbocycles. The highest BCUT2D eigenvalue weighted by atomic mass is 19.1. The highest BCUT2D eigenvalue weighted by Gasteiger charge is 2.06. The van der Waals surface area contributed by atoms with E-state index in [-0.39, 0.29) is 11.7 Å². The van der Waals surface area contributed by atoms with Gasteiger partial charge in [-0.05, 0) is 42.3 Å². The molecule has 0 aromatic heterocycles. The summed E-state index contributed by atoms with van der Waals surface area (Å²) < 4.78 is 19.5. The van der Waals surface area contributed by atoms with E-state index < -0.39 is 0 Å². The maximum atomic E-state index is 13.6. The van der Waals surface area contributed by atoms with Gasteiger partial charge in [0.2, 0.25) is 5.91 Å². The number of amides is 1. The van der Waals surface area contributed by atoms with Gasteiger partial charge in [-0.25, -0.2) is 4.39 Å². The summed E-state index contributed by atoms with van der Waals surface area (Å²) in [5.41, 5.74) is 1.43. The van der Waals surface area contributed by atoms with Gasteiger partial charge in [0.1, 0.15) is 11.6 Å². The Hall–Kier alpha value is -3.34. The number of ether oxygens (including phenoxy) is 1. The highest BCUT2D eigenvalue weighted by Crippen LogP contribution is 2.28. The summed E-state index contributed by atoms with van der Waals surface area (Å²) in [7, 11) is 0. The van der Waals surface area contributed by atoms with Crippen molar-refractivity contribution < 1.29 is 13.9 Å². The van der Waals surface area contributed by atoms with Crippen molar-refractivity contribution in [2.75, 3.05) is 18.4 Å². The molecule has 0 bridgehead atoms. The molecule has 2 N–H and O–H groups in total. The van der Waals surface area contributed by atoms with Gasteiger partial charge in [-0.2, -0.15) is 0 Å². The number of para-hydroxylation sites is 3. The summed E-state index contributed by atoms with van der Waals surface area (Å²) in [6, 6.07) is 23.7. The number of benzene rings is 3. The minimum Gasteiger partial charge on any atom is -0.455 e. The lowest BCUT2D eigenvalue weighted by molar-refractivity contribution is -0.120. The fourth-order valence-electron chi connectivity index (χ4n) is 2.75. The minimum atomic E-state index is -0.242. The first-order valence-corrected chi connectivity index (χ1v) is 9.28. The monoisotopic (exact) mass is 378 g/mol. The summed E-state index contributed by atoms with van der Waals surface area (Å²) >= 11 is 0. The van der Waals surface area contributed by atoms with Crippen molar-refractivity contribution in [3.05, 3.63) is 90.2 Å². The lowest BCUT2D eigenvalue weighted by Gasteiger charge is -2.13. The molecule has 0 saturated heterocycles. The number of anilines is 1.